The second kappa shape index (κ2) is 5.48. The number of rotatable bonds is 2. The van der Waals surface area contributed by atoms with Gasteiger partial charge in [0.1, 0.15) is 6.07 Å². The fourth-order valence-electron chi connectivity index (χ4n) is 2.54. The number of pyridine rings is 1. The second-order valence-electron chi connectivity index (χ2n) is 4.91. The fourth-order valence-corrected chi connectivity index (χ4v) is 3.75. The first-order chi connectivity index (χ1) is 9.79. The van der Waals surface area contributed by atoms with Crippen molar-refractivity contribution in [2.75, 3.05) is 0 Å². The average Bonchev–Trinajstić information content (AvgIpc) is 2.93. The number of nitriles is 1. The van der Waals surface area contributed by atoms with E-state index in [1.165, 1.54) is 23.3 Å². The van der Waals surface area contributed by atoms with Gasteiger partial charge in [-0.15, -0.1) is 11.3 Å². The van der Waals surface area contributed by atoms with Crippen LogP contribution in [0.15, 0.2) is 30.6 Å². The first-order valence-electron chi connectivity index (χ1n) is 6.72. The molecule has 0 aromatic carbocycles. The van der Waals surface area contributed by atoms with E-state index < -0.39 is 0 Å². The number of allylic oxidation sites excluding steroid dienone is 1. The SMILES string of the molecule is N#C/C(=C(/N)c1cc2c(s1)CCCC2)c1cccnc1. The topological polar surface area (TPSA) is 62.7 Å². The van der Waals surface area contributed by atoms with E-state index in [1.54, 1.807) is 23.7 Å². The predicted octanol–water partition coefficient (Wildman–Crippen LogP) is 3.37. The monoisotopic (exact) mass is 281 g/mol. The van der Waals surface area contributed by atoms with Gasteiger partial charge in [0.2, 0.25) is 0 Å². The summed E-state index contributed by atoms with van der Waals surface area (Å²) in [5.41, 5.74) is 9.50. The smallest absolute Gasteiger partial charge is 0.102 e. The summed E-state index contributed by atoms with van der Waals surface area (Å²) in [4.78, 5) is 6.50. The summed E-state index contributed by atoms with van der Waals surface area (Å²) in [6.45, 7) is 0. The number of fused-ring (bicyclic) bond motifs is 1. The third-order valence-corrected chi connectivity index (χ3v) is 4.86. The molecule has 100 valence electrons. The summed E-state index contributed by atoms with van der Waals surface area (Å²) in [5.74, 6) is 0. The molecule has 0 aliphatic heterocycles. The van der Waals surface area contributed by atoms with Crippen molar-refractivity contribution in [3.8, 4) is 6.07 Å². The van der Waals surface area contributed by atoms with Gasteiger partial charge in [0.05, 0.1) is 16.1 Å². The summed E-state index contributed by atoms with van der Waals surface area (Å²) in [6, 6.07) is 8.06. The average molecular weight is 281 g/mol. The molecular formula is C16H15N3S. The highest BCUT2D eigenvalue weighted by atomic mass is 32.1. The number of aryl methyl sites for hydroxylation is 2. The molecule has 2 N–H and O–H groups in total. The summed E-state index contributed by atoms with van der Waals surface area (Å²) in [7, 11) is 0. The van der Waals surface area contributed by atoms with Crippen LogP contribution < -0.4 is 5.73 Å². The second-order valence-corrected chi connectivity index (χ2v) is 6.05. The molecule has 0 fully saturated rings. The maximum absolute atomic E-state index is 9.40. The first kappa shape index (κ1) is 12.9. The van der Waals surface area contributed by atoms with Crippen LogP contribution in [0.4, 0.5) is 0 Å². The van der Waals surface area contributed by atoms with Crippen molar-refractivity contribution in [3.63, 3.8) is 0 Å². The Morgan fingerprint density at radius 2 is 2.20 bits per heavy atom. The van der Waals surface area contributed by atoms with Crippen LogP contribution in [0.2, 0.25) is 0 Å². The van der Waals surface area contributed by atoms with Crippen LogP contribution in [0.5, 0.6) is 0 Å². The molecule has 2 heterocycles. The quantitative estimate of drug-likeness (QED) is 0.858. The number of nitrogens with two attached hydrogens (primary N) is 1. The van der Waals surface area contributed by atoms with E-state index in [0.29, 0.717) is 11.3 Å². The van der Waals surface area contributed by atoms with E-state index in [9.17, 15) is 5.26 Å². The predicted molar refractivity (Wildman–Crippen MR) is 81.8 cm³/mol. The molecule has 0 bridgehead atoms. The van der Waals surface area contributed by atoms with E-state index in [4.69, 9.17) is 5.73 Å². The Morgan fingerprint density at radius 3 is 2.90 bits per heavy atom. The zero-order valence-electron chi connectivity index (χ0n) is 11.1. The van der Waals surface area contributed by atoms with Gasteiger partial charge >= 0.3 is 0 Å². The van der Waals surface area contributed by atoms with Gasteiger partial charge in [-0.1, -0.05) is 6.07 Å². The lowest BCUT2D eigenvalue weighted by Gasteiger charge is -2.08. The van der Waals surface area contributed by atoms with E-state index in [1.807, 2.05) is 12.1 Å². The Hall–Kier alpha value is -2.12. The molecule has 2 aromatic heterocycles. The molecule has 20 heavy (non-hydrogen) atoms. The number of hydrogen-bond acceptors (Lipinski definition) is 4. The molecule has 4 heteroatoms. The van der Waals surface area contributed by atoms with Crippen LogP contribution >= 0.6 is 11.3 Å². The van der Waals surface area contributed by atoms with Crippen LogP contribution in [0.25, 0.3) is 11.3 Å². The van der Waals surface area contributed by atoms with Crippen molar-refractivity contribution >= 4 is 22.6 Å². The molecular weight excluding hydrogens is 266 g/mol. The highest BCUT2D eigenvalue weighted by Gasteiger charge is 2.16. The molecule has 0 spiro atoms. The molecule has 0 atom stereocenters. The number of thiophene rings is 1. The molecule has 0 radical (unpaired) electrons. The normalized spacial score (nSPS) is 15.2. The Kier molecular flexibility index (Phi) is 3.53. The van der Waals surface area contributed by atoms with E-state index in [0.717, 1.165) is 23.3 Å². The van der Waals surface area contributed by atoms with Gasteiger partial charge in [0.15, 0.2) is 0 Å². The molecule has 0 unspecified atom stereocenters. The third kappa shape index (κ3) is 2.33. The van der Waals surface area contributed by atoms with Crippen LogP contribution in [-0.2, 0) is 12.8 Å². The van der Waals surface area contributed by atoms with Crippen molar-refractivity contribution in [3.05, 3.63) is 51.5 Å². The van der Waals surface area contributed by atoms with Gasteiger partial charge < -0.3 is 5.73 Å². The molecule has 2 aromatic rings. The van der Waals surface area contributed by atoms with Gasteiger partial charge in [-0.25, -0.2) is 0 Å². The molecule has 1 aliphatic carbocycles. The number of aromatic nitrogens is 1. The van der Waals surface area contributed by atoms with E-state index >= 15 is 0 Å². The van der Waals surface area contributed by atoms with Gasteiger partial charge in [0, 0.05) is 22.8 Å². The minimum absolute atomic E-state index is 0.511. The molecule has 3 nitrogen and oxygen atoms in total. The van der Waals surface area contributed by atoms with Crippen molar-refractivity contribution in [2.45, 2.75) is 25.7 Å². The standard InChI is InChI=1S/C16H15N3S/c17-9-13(12-5-3-7-19-10-12)16(18)15-8-11-4-1-2-6-14(11)20-15/h3,5,7-8,10H,1-2,4,6,18H2/b16-13-. The van der Waals surface area contributed by atoms with Gasteiger partial charge in [-0.2, -0.15) is 5.26 Å². The lowest BCUT2D eigenvalue weighted by Crippen LogP contribution is -1.99. The fraction of sp³-hybridized carbons (Fsp3) is 0.250. The third-order valence-electron chi connectivity index (χ3n) is 3.59. The van der Waals surface area contributed by atoms with Crippen molar-refractivity contribution in [1.82, 2.24) is 4.98 Å². The molecule has 3 rings (SSSR count). The maximum Gasteiger partial charge on any atom is 0.102 e. The molecule has 0 saturated carbocycles. The number of nitrogens with zero attached hydrogens (tertiary/aromatic N) is 2. The largest absolute Gasteiger partial charge is 0.396 e. The summed E-state index contributed by atoms with van der Waals surface area (Å²) >= 11 is 1.73. The Labute approximate surface area is 122 Å². The highest BCUT2D eigenvalue weighted by Crippen LogP contribution is 2.34. The van der Waals surface area contributed by atoms with Crippen LogP contribution in [0, 0.1) is 11.3 Å². The Morgan fingerprint density at radius 1 is 1.35 bits per heavy atom. The summed E-state index contributed by atoms with van der Waals surface area (Å²) in [6.07, 6.45) is 8.15. The lowest BCUT2D eigenvalue weighted by atomic mass is 9.98. The highest BCUT2D eigenvalue weighted by molar-refractivity contribution is 7.13. The Bertz CT molecular complexity index is 669. The zero-order chi connectivity index (χ0) is 13.9. The summed E-state index contributed by atoms with van der Waals surface area (Å²) < 4.78 is 0. The minimum Gasteiger partial charge on any atom is -0.396 e. The Balaban J connectivity index is 2.05. The van der Waals surface area contributed by atoms with Crippen molar-refractivity contribution in [2.24, 2.45) is 5.73 Å². The van der Waals surface area contributed by atoms with E-state index in [-0.39, 0.29) is 0 Å². The lowest BCUT2D eigenvalue weighted by molar-refractivity contribution is 0.697. The minimum atomic E-state index is 0.511. The first-order valence-corrected chi connectivity index (χ1v) is 7.53. The van der Waals surface area contributed by atoms with Gasteiger partial charge in [-0.05, 0) is 43.4 Å². The summed E-state index contributed by atoms with van der Waals surface area (Å²) in [5, 5.41) is 9.40. The number of hydrogen-bond donors (Lipinski definition) is 1. The van der Waals surface area contributed by atoms with Crippen LogP contribution in [0.3, 0.4) is 0 Å². The van der Waals surface area contributed by atoms with Crippen molar-refractivity contribution < 1.29 is 0 Å². The maximum atomic E-state index is 9.40. The van der Waals surface area contributed by atoms with Crippen LogP contribution in [-0.4, -0.2) is 4.98 Å². The van der Waals surface area contributed by atoms with Gasteiger partial charge in [0.25, 0.3) is 0 Å². The molecule has 0 amide bonds. The molecule has 0 saturated heterocycles. The van der Waals surface area contributed by atoms with E-state index in [2.05, 4.69) is 17.1 Å². The van der Waals surface area contributed by atoms with Gasteiger partial charge in [-0.3, -0.25) is 4.98 Å². The zero-order valence-corrected chi connectivity index (χ0v) is 11.9. The van der Waals surface area contributed by atoms with Crippen LogP contribution in [0.1, 0.15) is 33.7 Å². The van der Waals surface area contributed by atoms with Crippen molar-refractivity contribution in [1.29, 1.82) is 5.26 Å². The molecule has 1 aliphatic rings.